The van der Waals surface area contributed by atoms with Crippen molar-refractivity contribution in [2.24, 2.45) is 5.16 Å². The summed E-state index contributed by atoms with van der Waals surface area (Å²) in [6, 6.07) is 0.436. The number of aromatic nitrogens is 1. The lowest BCUT2D eigenvalue weighted by atomic mass is 9.72. The van der Waals surface area contributed by atoms with Crippen LogP contribution in [0.15, 0.2) is 16.6 Å². The number of aromatic carboxylic acids is 1. The molecule has 146 valence electrons. The van der Waals surface area contributed by atoms with Crippen molar-refractivity contribution < 1.29 is 38.4 Å². The maximum absolute atomic E-state index is 14.1. The predicted molar refractivity (Wildman–Crippen MR) is 92.4 cm³/mol. The van der Waals surface area contributed by atoms with E-state index in [1.807, 2.05) is 0 Å². The molecule has 0 saturated carbocycles. The molecule has 1 aliphatic rings. The van der Waals surface area contributed by atoms with Gasteiger partial charge in [0.2, 0.25) is 0 Å². The zero-order chi connectivity index (χ0) is 20.6. The van der Waals surface area contributed by atoms with Crippen LogP contribution in [-0.4, -0.2) is 51.0 Å². The molecule has 1 aromatic carbocycles. The van der Waals surface area contributed by atoms with Gasteiger partial charge < -0.3 is 31.0 Å². The number of carboxylic acids is 1. The van der Waals surface area contributed by atoms with Crippen molar-refractivity contribution in [2.45, 2.75) is 12.4 Å². The van der Waals surface area contributed by atoms with Crippen LogP contribution < -0.4 is 15.7 Å². The highest BCUT2D eigenvalue weighted by Crippen LogP contribution is 2.34. The van der Waals surface area contributed by atoms with Crippen LogP contribution in [0.3, 0.4) is 0 Å². The second-order valence-corrected chi connectivity index (χ2v) is 6.53. The fourth-order valence-corrected chi connectivity index (χ4v) is 3.18. The van der Waals surface area contributed by atoms with Gasteiger partial charge in [-0.3, -0.25) is 4.79 Å². The number of fused-ring (bicyclic) bond motifs is 1. The first kappa shape index (κ1) is 19.5. The smallest absolute Gasteiger partial charge is 0.534 e. The maximum Gasteiger partial charge on any atom is 0.547 e. The topological polar surface area (TPSA) is 167 Å². The van der Waals surface area contributed by atoms with Crippen LogP contribution in [0.25, 0.3) is 0 Å². The number of rotatable bonds is 4. The monoisotopic (exact) mass is 412 g/mol. The Bertz CT molecular complexity index is 1000. The van der Waals surface area contributed by atoms with Crippen molar-refractivity contribution in [3.63, 3.8) is 0 Å². The van der Waals surface area contributed by atoms with Crippen molar-refractivity contribution in [3.8, 4) is 5.75 Å². The van der Waals surface area contributed by atoms with E-state index in [0.717, 1.165) is 11.3 Å². The number of carboxylic acid groups (broad SMARTS) is 1. The van der Waals surface area contributed by atoms with Crippen molar-refractivity contribution in [1.82, 2.24) is 10.3 Å². The van der Waals surface area contributed by atoms with E-state index >= 15 is 0 Å². The van der Waals surface area contributed by atoms with E-state index in [2.05, 4.69) is 15.5 Å². The first-order valence-corrected chi connectivity index (χ1v) is 8.44. The number of hydrogen-bond acceptors (Lipinski definition) is 9. The third-order valence-electron chi connectivity index (χ3n) is 3.90. The molecule has 2 heterocycles. The zero-order valence-electron chi connectivity index (χ0n) is 13.7. The van der Waals surface area contributed by atoms with Gasteiger partial charge in [0.1, 0.15) is 17.0 Å². The number of anilines is 1. The fraction of sp³-hybridized carbons (Fsp3) is 0.143. The van der Waals surface area contributed by atoms with E-state index in [9.17, 15) is 23.4 Å². The van der Waals surface area contributed by atoms with Crippen molar-refractivity contribution in [1.29, 1.82) is 0 Å². The van der Waals surface area contributed by atoms with Gasteiger partial charge in [-0.15, -0.1) is 11.3 Å². The third-order valence-corrected chi connectivity index (χ3v) is 4.57. The summed E-state index contributed by atoms with van der Waals surface area (Å²) in [5, 5.41) is 34.8. The Morgan fingerprint density at radius 2 is 2.18 bits per heavy atom. The summed E-state index contributed by atoms with van der Waals surface area (Å²) in [7, 11) is -1.78. The Hall–Kier alpha value is -3.26. The van der Waals surface area contributed by atoms with Gasteiger partial charge in [-0.2, -0.15) is 0 Å². The minimum absolute atomic E-state index is 0.0421. The van der Waals surface area contributed by atoms with Crippen LogP contribution in [0, 0.1) is 11.6 Å². The molecule has 0 bridgehead atoms. The molecule has 1 amide bonds. The summed E-state index contributed by atoms with van der Waals surface area (Å²) in [5.41, 5.74) is 3.74. The van der Waals surface area contributed by atoms with Crippen LogP contribution >= 0.6 is 11.3 Å². The van der Waals surface area contributed by atoms with Gasteiger partial charge in [-0.05, 0) is 12.5 Å². The zero-order valence-corrected chi connectivity index (χ0v) is 14.5. The Kier molecular flexibility index (Phi) is 5.15. The van der Waals surface area contributed by atoms with Gasteiger partial charge in [0.15, 0.2) is 22.5 Å². The molecule has 0 aliphatic carbocycles. The number of nitrogen functional groups attached to an aromatic ring is 1. The van der Waals surface area contributed by atoms with Crippen LogP contribution in [-0.2, 0) is 11.2 Å². The highest BCUT2D eigenvalue weighted by molar-refractivity contribution is 7.13. The first-order chi connectivity index (χ1) is 13.2. The number of hydrogen-bond donors (Lipinski definition) is 5. The Labute approximate surface area is 159 Å². The first-order valence-electron chi connectivity index (χ1n) is 7.56. The average Bonchev–Trinajstić information content (AvgIpc) is 3.05. The largest absolute Gasteiger partial charge is 0.547 e. The van der Waals surface area contributed by atoms with Crippen molar-refractivity contribution >= 4 is 41.2 Å². The van der Waals surface area contributed by atoms with Gasteiger partial charge in [0.25, 0.3) is 5.91 Å². The molecule has 1 aliphatic heterocycles. The number of carbonyl (C=O) groups excluding carboxylic acids is 1. The predicted octanol–water partition coefficient (Wildman–Crippen LogP) is 0.0196. The van der Waals surface area contributed by atoms with E-state index in [0.29, 0.717) is 6.07 Å². The highest BCUT2D eigenvalue weighted by Gasteiger charge is 2.41. The van der Waals surface area contributed by atoms with E-state index in [4.69, 9.17) is 20.7 Å². The standard InChI is InChI=1S/C14H11BF2N4O6S/c16-6-1-5(13(23)24)11-4(9(6)17)2-8(15(25)27-11)20-12(22)10(21-26)7-3-28-14(18)19-7/h1,3,8,25-26H,2H2,(H2,18,19)(H,20,22)(H,23,24)/b21-10-/t8-/m0/s1. The van der Waals surface area contributed by atoms with Crippen molar-refractivity contribution in [2.75, 3.05) is 5.73 Å². The summed E-state index contributed by atoms with van der Waals surface area (Å²) < 4.78 is 32.8. The molecule has 10 nitrogen and oxygen atoms in total. The summed E-state index contributed by atoms with van der Waals surface area (Å²) in [6.45, 7) is 0. The number of oxime groups is 1. The number of nitrogens with one attached hydrogen (secondary N) is 1. The number of nitrogens with two attached hydrogens (primary N) is 1. The van der Waals surface area contributed by atoms with Crippen LogP contribution in [0.5, 0.6) is 5.75 Å². The molecule has 0 unspecified atom stereocenters. The molecule has 0 fully saturated rings. The van der Waals surface area contributed by atoms with Gasteiger partial charge in [-0.25, -0.2) is 18.6 Å². The third kappa shape index (κ3) is 3.46. The lowest BCUT2D eigenvalue weighted by Crippen LogP contribution is -2.55. The molecule has 3 rings (SSSR count). The lowest BCUT2D eigenvalue weighted by molar-refractivity contribution is -0.115. The van der Waals surface area contributed by atoms with Gasteiger partial charge in [0, 0.05) is 10.9 Å². The molecular formula is C14H11BF2N4O6S. The van der Waals surface area contributed by atoms with E-state index in [1.54, 1.807) is 0 Å². The molecule has 2 aromatic rings. The van der Waals surface area contributed by atoms with Crippen molar-refractivity contribution in [3.05, 3.63) is 39.9 Å². The summed E-state index contributed by atoms with van der Waals surface area (Å²) in [4.78, 5) is 27.3. The lowest BCUT2D eigenvalue weighted by Gasteiger charge is -2.29. The van der Waals surface area contributed by atoms with Crippen LogP contribution in [0.2, 0.25) is 0 Å². The minimum Gasteiger partial charge on any atom is -0.534 e. The van der Waals surface area contributed by atoms with E-state index < -0.39 is 65.6 Å². The van der Waals surface area contributed by atoms with Crippen LogP contribution in [0.4, 0.5) is 13.9 Å². The SMILES string of the molecule is Nc1nc(/C(=N/O)C(=O)N[C@H]2Cc3c(F)c(F)cc(C(=O)O)c3OB2O)cs1. The summed E-state index contributed by atoms with van der Waals surface area (Å²) >= 11 is 0.984. The number of thiazole rings is 1. The molecule has 1 atom stereocenters. The minimum atomic E-state index is -1.78. The van der Waals surface area contributed by atoms with Gasteiger partial charge >= 0.3 is 13.1 Å². The number of nitrogens with zero attached hydrogens (tertiary/aromatic N) is 2. The Morgan fingerprint density at radius 3 is 2.75 bits per heavy atom. The van der Waals surface area contributed by atoms with Gasteiger partial charge in [0.05, 0.1) is 5.94 Å². The van der Waals surface area contributed by atoms with Gasteiger partial charge in [-0.1, -0.05) is 5.16 Å². The van der Waals surface area contributed by atoms with E-state index in [-0.39, 0.29) is 10.8 Å². The number of halogens is 2. The number of carbonyl (C=O) groups is 2. The second-order valence-electron chi connectivity index (χ2n) is 5.64. The summed E-state index contributed by atoms with van der Waals surface area (Å²) in [6.07, 6.45) is -0.482. The molecule has 28 heavy (non-hydrogen) atoms. The Balaban J connectivity index is 1.88. The number of amides is 1. The van der Waals surface area contributed by atoms with Crippen LogP contribution in [0.1, 0.15) is 21.6 Å². The molecule has 0 spiro atoms. The maximum atomic E-state index is 14.1. The number of benzene rings is 1. The molecular weight excluding hydrogens is 401 g/mol. The molecule has 6 N–H and O–H groups in total. The summed E-state index contributed by atoms with van der Waals surface area (Å²) in [5.74, 6) is -7.20. The molecule has 14 heteroatoms. The molecule has 1 aromatic heterocycles. The van der Waals surface area contributed by atoms with E-state index in [1.165, 1.54) is 5.38 Å². The second kappa shape index (κ2) is 7.40. The molecule has 0 radical (unpaired) electrons. The quantitative estimate of drug-likeness (QED) is 0.203. The fourth-order valence-electron chi connectivity index (χ4n) is 2.63. The average molecular weight is 412 g/mol. The molecule has 0 saturated heterocycles. The normalized spacial score (nSPS) is 16.3. The Morgan fingerprint density at radius 1 is 1.46 bits per heavy atom. The highest BCUT2D eigenvalue weighted by atomic mass is 32.1.